The largest absolute Gasteiger partial charge is 0.352 e. The summed E-state index contributed by atoms with van der Waals surface area (Å²) in [6.45, 7) is 5.16. The summed E-state index contributed by atoms with van der Waals surface area (Å²) < 4.78 is 42.6. The number of carbonyl (C=O) groups is 2. The van der Waals surface area contributed by atoms with Crippen molar-refractivity contribution in [2.75, 3.05) is 10.8 Å². The number of amides is 2. The predicted molar refractivity (Wildman–Crippen MR) is 158 cm³/mol. The summed E-state index contributed by atoms with van der Waals surface area (Å²) in [6.07, 6.45) is 4.21. The molecule has 1 aliphatic rings. The van der Waals surface area contributed by atoms with E-state index >= 15 is 0 Å². The summed E-state index contributed by atoms with van der Waals surface area (Å²) in [7, 11) is -4.13. The van der Waals surface area contributed by atoms with Crippen molar-refractivity contribution in [1.82, 2.24) is 10.2 Å². The van der Waals surface area contributed by atoms with Crippen molar-refractivity contribution in [3.63, 3.8) is 0 Å². The van der Waals surface area contributed by atoms with E-state index in [0.717, 1.165) is 41.1 Å². The van der Waals surface area contributed by atoms with Crippen LogP contribution in [0.5, 0.6) is 0 Å². The minimum atomic E-state index is -4.13. The highest BCUT2D eigenvalue weighted by Crippen LogP contribution is 2.27. The van der Waals surface area contributed by atoms with Crippen LogP contribution in [0.2, 0.25) is 0 Å². The Bertz CT molecular complexity index is 1460. The summed E-state index contributed by atoms with van der Waals surface area (Å²) in [5, 5.41) is 3.09. The maximum Gasteiger partial charge on any atom is 0.264 e. The molecule has 3 aromatic carbocycles. The van der Waals surface area contributed by atoms with Gasteiger partial charge in [-0.15, -0.1) is 0 Å². The number of benzene rings is 3. The number of hydrogen-bond donors (Lipinski definition) is 1. The standard InChI is InChI=1S/C32H38FN3O4S/c1-4-30(32(38)34-27-10-8-9-11-27)35(21-25-15-17-26(33)18-16-25)31(37)22-36(28-19-14-23(2)24(3)20-28)41(39,40)29-12-6-5-7-13-29/h5-7,12-20,27,30H,4,8-11,21-22H2,1-3H3,(H,34,38)/t30-/m0/s1. The van der Waals surface area contributed by atoms with Crippen LogP contribution in [0.3, 0.4) is 0 Å². The van der Waals surface area contributed by atoms with Crippen LogP contribution in [-0.2, 0) is 26.2 Å². The lowest BCUT2D eigenvalue weighted by atomic mass is 10.1. The summed E-state index contributed by atoms with van der Waals surface area (Å²) in [5.74, 6) is -1.20. The molecule has 0 aliphatic heterocycles. The van der Waals surface area contributed by atoms with Crippen LogP contribution in [0.25, 0.3) is 0 Å². The maximum absolute atomic E-state index is 14.1. The van der Waals surface area contributed by atoms with Gasteiger partial charge in [-0.2, -0.15) is 0 Å². The van der Waals surface area contributed by atoms with Crippen molar-refractivity contribution in [3.8, 4) is 0 Å². The highest BCUT2D eigenvalue weighted by Gasteiger charge is 2.34. The number of nitrogens with zero attached hydrogens (tertiary/aromatic N) is 2. The fraction of sp³-hybridized carbons (Fsp3) is 0.375. The lowest BCUT2D eigenvalue weighted by Crippen LogP contribution is -2.53. The fourth-order valence-corrected chi connectivity index (χ4v) is 6.63. The third kappa shape index (κ3) is 7.33. The summed E-state index contributed by atoms with van der Waals surface area (Å²) in [5.41, 5.74) is 2.87. The third-order valence-electron chi connectivity index (χ3n) is 7.74. The van der Waals surface area contributed by atoms with E-state index in [-0.39, 0.29) is 23.4 Å². The van der Waals surface area contributed by atoms with Gasteiger partial charge in [0.2, 0.25) is 11.8 Å². The second kappa shape index (κ2) is 13.3. The Morgan fingerprint density at radius 3 is 2.22 bits per heavy atom. The molecule has 2 amide bonds. The Balaban J connectivity index is 1.72. The molecule has 0 bridgehead atoms. The van der Waals surface area contributed by atoms with Crippen LogP contribution in [0.4, 0.5) is 10.1 Å². The molecule has 218 valence electrons. The van der Waals surface area contributed by atoms with Crippen molar-refractivity contribution in [2.24, 2.45) is 0 Å². The van der Waals surface area contributed by atoms with Crippen LogP contribution >= 0.6 is 0 Å². The zero-order valence-electron chi connectivity index (χ0n) is 23.8. The number of aryl methyl sites for hydroxylation is 2. The first-order chi connectivity index (χ1) is 19.6. The quantitative estimate of drug-likeness (QED) is 0.325. The molecule has 0 unspecified atom stereocenters. The lowest BCUT2D eigenvalue weighted by Gasteiger charge is -2.34. The predicted octanol–water partition coefficient (Wildman–Crippen LogP) is 5.50. The monoisotopic (exact) mass is 579 g/mol. The van der Waals surface area contributed by atoms with Gasteiger partial charge in [-0.05, 0) is 86.2 Å². The normalized spacial score (nSPS) is 14.4. The molecular formula is C32H38FN3O4S. The van der Waals surface area contributed by atoms with Gasteiger partial charge < -0.3 is 10.2 Å². The number of anilines is 1. The van der Waals surface area contributed by atoms with E-state index < -0.39 is 34.3 Å². The highest BCUT2D eigenvalue weighted by molar-refractivity contribution is 7.92. The molecule has 7 nitrogen and oxygen atoms in total. The summed E-state index contributed by atoms with van der Waals surface area (Å²) in [4.78, 5) is 29.1. The zero-order chi connectivity index (χ0) is 29.6. The first kappa shape index (κ1) is 30.2. The molecule has 0 spiro atoms. The molecule has 0 saturated heterocycles. The molecule has 1 saturated carbocycles. The zero-order valence-corrected chi connectivity index (χ0v) is 24.7. The van der Waals surface area contributed by atoms with Crippen LogP contribution in [0, 0.1) is 19.7 Å². The Hall–Kier alpha value is -3.72. The molecule has 41 heavy (non-hydrogen) atoms. The SMILES string of the molecule is CC[C@@H](C(=O)NC1CCCC1)N(Cc1ccc(F)cc1)C(=O)CN(c1ccc(C)c(C)c1)S(=O)(=O)c1ccccc1. The first-order valence-electron chi connectivity index (χ1n) is 14.1. The maximum atomic E-state index is 14.1. The number of hydrogen-bond acceptors (Lipinski definition) is 4. The molecule has 1 fully saturated rings. The highest BCUT2D eigenvalue weighted by atomic mass is 32.2. The third-order valence-corrected chi connectivity index (χ3v) is 9.53. The Labute approximate surface area is 242 Å². The van der Waals surface area contributed by atoms with E-state index in [1.807, 2.05) is 26.8 Å². The first-order valence-corrected chi connectivity index (χ1v) is 15.5. The van der Waals surface area contributed by atoms with Crippen LogP contribution < -0.4 is 9.62 Å². The smallest absolute Gasteiger partial charge is 0.264 e. The number of nitrogens with one attached hydrogen (secondary N) is 1. The molecule has 1 atom stereocenters. The molecule has 0 aromatic heterocycles. The number of rotatable bonds is 11. The number of sulfonamides is 1. The Morgan fingerprint density at radius 1 is 0.951 bits per heavy atom. The Kier molecular flexibility index (Phi) is 9.81. The molecule has 3 aromatic rings. The number of halogens is 1. The van der Waals surface area contributed by atoms with Gasteiger partial charge in [0.25, 0.3) is 10.0 Å². The Morgan fingerprint density at radius 2 is 1.61 bits per heavy atom. The average molecular weight is 580 g/mol. The van der Waals surface area contributed by atoms with E-state index in [1.165, 1.54) is 29.2 Å². The van der Waals surface area contributed by atoms with Gasteiger partial charge >= 0.3 is 0 Å². The van der Waals surface area contributed by atoms with Gasteiger partial charge in [-0.25, -0.2) is 12.8 Å². The van der Waals surface area contributed by atoms with Crippen molar-refractivity contribution in [2.45, 2.75) is 76.4 Å². The molecule has 0 heterocycles. The second-order valence-corrected chi connectivity index (χ2v) is 12.5. The van der Waals surface area contributed by atoms with Crippen LogP contribution in [0.15, 0.2) is 77.7 Å². The molecule has 1 aliphatic carbocycles. The molecular weight excluding hydrogens is 541 g/mol. The molecule has 4 rings (SSSR count). The van der Waals surface area contributed by atoms with Gasteiger partial charge in [0.15, 0.2) is 0 Å². The van der Waals surface area contributed by atoms with E-state index in [9.17, 15) is 22.4 Å². The second-order valence-electron chi connectivity index (χ2n) is 10.7. The van der Waals surface area contributed by atoms with E-state index in [0.29, 0.717) is 17.7 Å². The van der Waals surface area contributed by atoms with Gasteiger partial charge in [-0.1, -0.05) is 56.2 Å². The van der Waals surface area contributed by atoms with E-state index in [4.69, 9.17) is 0 Å². The van der Waals surface area contributed by atoms with Gasteiger partial charge in [0, 0.05) is 12.6 Å². The van der Waals surface area contributed by atoms with Gasteiger partial charge in [0.05, 0.1) is 10.6 Å². The molecule has 0 radical (unpaired) electrons. The van der Waals surface area contributed by atoms with Crippen molar-refractivity contribution < 1.29 is 22.4 Å². The molecule has 9 heteroatoms. The number of carbonyl (C=O) groups excluding carboxylic acids is 2. The van der Waals surface area contributed by atoms with E-state index in [2.05, 4.69) is 5.32 Å². The van der Waals surface area contributed by atoms with Crippen molar-refractivity contribution in [3.05, 3.63) is 95.3 Å². The minimum Gasteiger partial charge on any atom is -0.352 e. The van der Waals surface area contributed by atoms with Crippen molar-refractivity contribution >= 4 is 27.5 Å². The summed E-state index contributed by atoms with van der Waals surface area (Å²) >= 11 is 0. The average Bonchev–Trinajstić information content (AvgIpc) is 3.47. The van der Waals surface area contributed by atoms with Crippen LogP contribution in [0.1, 0.15) is 55.7 Å². The summed E-state index contributed by atoms with van der Waals surface area (Å²) in [6, 6.07) is 18.2. The van der Waals surface area contributed by atoms with Crippen molar-refractivity contribution in [1.29, 1.82) is 0 Å². The minimum absolute atomic E-state index is 0.0296. The van der Waals surface area contributed by atoms with Gasteiger partial charge in [0.1, 0.15) is 18.4 Å². The topological polar surface area (TPSA) is 86.8 Å². The lowest BCUT2D eigenvalue weighted by molar-refractivity contribution is -0.140. The van der Waals surface area contributed by atoms with Crippen LogP contribution in [-0.4, -0.2) is 43.8 Å². The van der Waals surface area contributed by atoms with Gasteiger partial charge in [-0.3, -0.25) is 13.9 Å². The van der Waals surface area contributed by atoms with E-state index in [1.54, 1.807) is 42.5 Å². The molecule has 1 N–H and O–H groups in total. The fourth-order valence-electron chi connectivity index (χ4n) is 5.20.